The maximum atomic E-state index is 12.7. The van der Waals surface area contributed by atoms with Crippen LogP contribution in [-0.4, -0.2) is 57.6 Å². The minimum absolute atomic E-state index is 0. The average molecular weight is 434 g/mol. The molecular weight excluding hydrogens is 409 g/mol. The van der Waals surface area contributed by atoms with Gasteiger partial charge >= 0.3 is 0 Å². The zero-order valence-electron chi connectivity index (χ0n) is 15.0. The Morgan fingerprint density at radius 2 is 1.93 bits per heavy atom. The highest BCUT2D eigenvalue weighted by Gasteiger charge is 2.40. The Labute approximate surface area is 175 Å². The Kier molecular flexibility index (Phi) is 7.64. The molecule has 2 N–H and O–H groups in total. The summed E-state index contributed by atoms with van der Waals surface area (Å²) < 4.78 is 5.37. The number of aromatic nitrogens is 2. The summed E-state index contributed by atoms with van der Waals surface area (Å²) in [6.45, 7) is 3.65. The smallest absolute Gasteiger partial charge is 0.242 e. The van der Waals surface area contributed by atoms with Crippen molar-refractivity contribution in [2.24, 2.45) is 5.73 Å². The molecule has 0 spiro atoms. The molecule has 0 radical (unpaired) electrons. The standard InChI is InChI=1S/C17H23N5O2S.2ClH/c18-17(5-1-2-6-17)16(23)22-9-7-21(8-10-22)12-14-19-15(20-24-14)13-4-3-11-25-13;;/h3-4,11H,1-2,5-10,12,18H2;2*1H. The lowest BCUT2D eigenvalue weighted by molar-refractivity contribution is -0.138. The Bertz CT molecular complexity index is 726. The molecule has 2 fully saturated rings. The molecule has 0 aromatic carbocycles. The predicted octanol–water partition coefficient (Wildman–Crippen LogP) is 2.56. The van der Waals surface area contributed by atoms with Crippen LogP contribution in [0.2, 0.25) is 0 Å². The van der Waals surface area contributed by atoms with E-state index in [1.165, 1.54) is 0 Å². The van der Waals surface area contributed by atoms with Gasteiger partial charge in [0.15, 0.2) is 0 Å². The molecule has 0 bridgehead atoms. The number of hydrogen-bond acceptors (Lipinski definition) is 7. The Morgan fingerprint density at radius 1 is 1.22 bits per heavy atom. The highest BCUT2D eigenvalue weighted by molar-refractivity contribution is 7.13. The quantitative estimate of drug-likeness (QED) is 0.796. The fourth-order valence-electron chi connectivity index (χ4n) is 3.66. The molecule has 7 nitrogen and oxygen atoms in total. The van der Waals surface area contributed by atoms with E-state index in [-0.39, 0.29) is 30.7 Å². The summed E-state index contributed by atoms with van der Waals surface area (Å²) in [6.07, 6.45) is 3.76. The van der Waals surface area contributed by atoms with Crippen molar-refractivity contribution in [1.29, 1.82) is 0 Å². The topological polar surface area (TPSA) is 88.5 Å². The van der Waals surface area contributed by atoms with Crippen LogP contribution < -0.4 is 5.73 Å². The molecule has 2 aromatic rings. The van der Waals surface area contributed by atoms with Crippen molar-refractivity contribution < 1.29 is 9.32 Å². The number of hydrogen-bond donors (Lipinski definition) is 1. The molecular formula is C17H25Cl2N5O2S. The number of thiophene rings is 1. The zero-order valence-corrected chi connectivity index (χ0v) is 17.5. The van der Waals surface area contributed by atoms with Gasteiger partial charge in [-0.25, -0.2) is 0 Å². The number of rotatable bonds is 4. The van der Waals surface area contributed by atoms with Crippen LogP contribution in [0.3, 0.4) is 0 Å². The highest BCUT2D eigenvalue weighted by Crippen LogP contribution is 2.29. The van der Waals surface area contributed by atoms with E-state index in [4.69, 9.17) is 10.3 Å². The van der Waals surface area contributed by atoms with Crippen LogP contribution in [-0.2, 0) is 11.3 Å². The molecule has 27 heavy (non-hydrogen) atoms. The predicted molar refractivity (Wildman–Crippen MR) is 109 cm³/mol. The summed E-state index contributed by atoms with van der Waals surface area (Å²) >= 11 is 1.60. The molecule has 0 atom stereocenters. The van der Waals surface area contributed by atoms with Gasteiger partial charge in [-0.2, -0.15) is 4.98 Å². The van der Waals surface area contributed by atoms with Gasteiger partial charge in [-0.1, -0.05) is 24.1 Å². The van der Waals surface area contributed by atoms with E-state index >= 15 is 0 Å². The van der Waals surface area contributed by atoms with E-state index in [0.717, 1.165) is 43.6 Å². The third kappa shape index (κ3) is 4.81. The van der Waals surface area contributed by atoms with Crippen LogP contribution in [0.1, 0.15) is 31.6 Å². The molecule has 2 aromatic heterocycles. The first-order valence-corrected chi connectivity index (χ1v) is 9.69. The lowest BCUT2D eigenvalue weighted by Crippen LogP contribution is -2.58. The average Bonchev–Trinajstić information content (AvgIpc) is 3.36. The number of piperazine rings is 1. The van der Waals surface area contributed by atoms with Crippen molar-refractivity contribution in [2.75, 3.05) is 26.2 Å². The van der Waals surface area contributed by atoms with Crippen LogP contribution in [0.4, 0.5) is 0 Å². The summed E-state index contributed by atoms with van der Waals surface area (Å²) in [6, 6.07) is 3.95. The number of halogens is 2. The number of nitrogens with zero attached hydrogens (tertiary/aromatic N) is 4. The third-order valence-corrected chi connectivity index (χ3v) is 6.02. The van der Waals surface area contributed by atoms with Gasteiger partial charge < -0.3 is 15.2 Å². The Morgan fingerprint density at radius 3 is 2.56 bits per heavy atom. The summed E-state index contributed by atoms with van der Waals surface area (Å²) in [4.78, 5) is 22.3. The van der Waals surface area contributed by atoms with E-state index in [9.17, 15) is 4.79 Å². The molecule has 1 saturated carbocycles. The van der Waals surface area contributed by atoms with Gasteiger partial charge in [-0.3, -0.25) is 9.69 Å². The van der Waals surface area contributed by atoms with E-state index < -0.39 is 5.54 Å². The van der Waals surface area contributed by atoms with Crippen molar-refractivity contribution in [3.8, 4) is 10.7 Å². The van der Waals surface area contributed by atoms with E-state index in [1.807, 2.05) is 22.4 Å². The van der Waals surface area contributed by atoms with E-state index in [2.05, 4.69) is 15.0 Å². The second kappa shape index (κ2) is 9.34. The molecule has 1 aliphatic heterocycles. The monoisotopic (exact) mass is 433 g/mol. The second-order valence-corrected chi connectivity index (χ2v) is 7.87. The van der Waals surface area contributed by atoms with Crippen LogP contribution >= 0.6 is 36.2 Å². The number of amides is 1. The van der Waals surface area contributed by atoms with Crippen molar-refractivity contribution in [2.45, 2.75) is 37.8 Å². The van der Waals surface area contributed by atoms with Crippen molar-refractivity contribution >= 4 is 42.1 Å². The fourth-order valence-corrected chi connectivity index (χ4v) is 4.31. The molecule has 3 heterocycles. The molecule has 150 valence electrons. The molecule has 0 unspecified atom stereocenters. The molecule has 2 aliphatic rings. The first kappa shape index (κ1) is 22.1. The van der Waals surface area contributed by atoms with Gasteiger partial charge in [-0.05, 0) is 24.3 Å². The number of nitrogens with two attached hydrogens (primary N) is 1. The molecule has 1 amide bonds. The van der Waals surface area contributed by atoms with Crippen molar-refractivity contribution in [3.63, 3.8) is 0 Å². The van der Waals surface area contributed by atoms with Gasteiger partial charge in [0.25, 0.3) is 0 Å². The van der Waals surface area contributed by atoms with Crippen molar-refractivity contribution in [3.05, 3.63) is 23.4 Å². The first-order valence-electron chi connectivity index (χ1n) is 8.81. The van der Waals surface area contributed by atoms with Gasteiger partial charge in [0.1, 0.15) is 0 Å². The van der Waals surface area contributed by atoms with Crippen LogP contribution in [0, 0.1) is 0 Å². The highest BCUT2D eigenvalue weighted by atomic mass is 35.5. The Balaban J connectivity index is 0.00000131. The van der Waals surface area contributed by atoms with Crippen LogP contribution in [0.5, 0.6) is 0 Å². The van der Waals surface area contributed by atoms with Gasteiger partial charge in [-0.15, -0.1) is 36.2 Å². The molecule has 4 rings (SSSR count). The lowest BCUT2D eigenvalue weighted by Gasteiger charge is -2.38. The fraction of sp³-hybridized carbons (Fsp3) is 0.588. The number of carbonyl (C=O) groups is 1. The maximum Gasteiger partial charge on any atom is 0.242 e. The largest absolute Gasteiger partial charge is 0.339 e. The number of carbonyl (C=O) groups excluding carboxylic acids is 1. The second-order valence-electron chi connectivity index (χ2n) is 6.92. The first-order chi connectivity index (χ1) is 12.1. The van der Waals surface area contributed by atoms with Crippen molar-refractivity contribution in [1.82, 2.24) is 19.9 Å². The minimum atomic E-state index is -0.621. The SMILES string of the molecule is Cl.Cl.NC1(C(=O)N2CCN(Cc3nc(-c4cccs4)no3)CC2)CCCC1. The lowest BCUT2D eigenvalue weighted by atomic mass is 9.97. The zero-order chi connectivity index (χ0) is 17.3. The van der Waals surface area contributed by atoms with Gasteiger partial charge in [0, 0.05) is 26.2 Å². The summed E-state index contributed by atoms with van der Waals surface area (Å²) in [7, 11) is 0. The summed E-state index contributed by atoms with van der Waals surface area (Å²) in [5.41, 5.74) is 5.68. The third-order valence-electron chi connectivity index (χ3n) is 5.15. The minimum Gasteiger partial charge on any atom is -0.339 e. The summed E-state index contributed by atoms with van der Waals surface area (Å²) in [5, 5.41) is 6.04. The molecule has 1 saturated heterocycles. The van der Waals surface area contributed by atoms with Gasteiger partial charge in [0.2, 0.25) is 17.6 Å². The molecule has 1 aliphatic carbocycles. The van der Waals surface area contributed by atoms with E-state index in [1.54, 1.807) is 11.3 Å². The molecule has 10 heteroatoms. The van der Waals surface area contributed by atoms with Crippen LogP contribution in [0.15, 0.2) is 22.0 Å². The van der Waals surface area contributed by atoms with Crippen LogP contribution in [0.25, 0.3) is 10.7 Å². The Hall–Kier alpha value is -1.19. The normalized spacial score (nSPS) is 19.4. The van der Waals surface area contributed by atoms with E-state index in [0.29, 0.717) is 31.3 Å². The summed E-state index contributed by atoms with van der Waals surface area (Å²) in [5.74, 6) is 1.39. The maximum absolute atomic E-state index is 12.7. The van der Waals surface area contributed by atoms with Gasteiger partial charge in [0.05, 0.1) is 17.0 Å².